The van der Waals surface area contributed by atoms with Gasteiger partial charge in [0, 0.05) is 18.0 Å². The standard InChI is InChI=1S/2C12H18Br2N2S2Si2/c2*1-19(2,3)11-7(13)15-9(17-11)10-16-8(14)12(18-10)20(4,5)6/h2*1-6H3. The molecule has 4 heterocycles. The highest BCUT2D eigenvalue weighted by Crippen LogP contribution is 2.33. The van der Waals surface area contributed by atoms with Gasteiger partial charge in [-0.05, 0) is 63.7 Å². The molecule has 0 atom stereocenters. The highest BCUT2D eigenvalue weighted by atomic mass is 79.9. The van der Waals surface area contributed by atoms with Crippen LogP contribution in [0.4, 0.5) is 0 Å². The van der Waals surface area contributed by atoms with Gasteiger partial charge in [0.05, 0.1) is 32.3 Å². The number of halogens is 4. The third-order valence-corrected chi connectivity index (χ3v) is 29.0. The summed E-state index contributed by atoms with van der Waals surface area (Å²) in [6, 6.07) is 0. The Bertz CT molecular complexity index is 1280. The van der Waals surface area contributed by atoms with Crippen molar-refractivity contribution >= 4 is 159 Å². The second-order valence-electron chi connectivity index (χ2n) is 13.6. The number of nitrogens with zero attached hydrogens (tertiary/aromatic N) is 4. The summed E-state index contributed by atoms with van der Waals surface area (Å²) in [4.78, 5) is 18.8. The molecule has 0 saturated heterocycles. The molecule has 16 heteroatoms. The van der Waals surface area contributed by atoms with Gasteiger partial charge in [-0.1, -0.05) is 78.6 Å². The van der Waals surface area contributed by atoms with Crippen molar-refractivity contribution in [1.82, 2.24) is 19.9 Å². The Morgan fingerprint density at radius 1 is 0.350 bits per heavy atom. The van der Waals surface area contributed by atoms with Gasteiger partial charge in [-0.25, -0.2) is 19.9 Å². The van der Waals surface area contributed by atoms with Crippen LogP contribution >= 0.6 is 109 Å². The van der Waals surface area contributed by atoms with E-state index in [2.05, 4.69) is 142 Å². The molecule has 0 N–H and O–H groups in total. The summed E-state index contributed by atoms with van der Waals surface area (Å²) in [6.07, 6.45) is 0. The first kappa shape index (κ1) is 35.8. The minimum atomic E-state index is -1.35. The van der Waals surface area contributed by atoms with Gasteiger partial charge in [-0.2, -0.15) is 0 Å². The molecule has 0 spiro atoms. The zero-order valence-electron chi connectivity index (χ0n) is 24.9. The number of hydrogen-bond donors (Lipinski definition) is 0. The van der Waals surface area contributed by atoms with Crippen LogP contribution < -0.4 is 18.0 Å². The van der Waals surface area contributed by atoms with Gasteiger partial charge in [-0.15, -0.1) is 45.3 Å². The van der Waals surface area contributed by atoms with E-state index in [9.17, 15) is 0 Å². The predicted octanol–water partition coefficient (Wildman–Crippen LogP) is 9.76. The van der Waals surface area contributed by atoms with E-state index in [0.29, 0.717) is 0 Å². The minimum absolute atomic E-state index is 1.01. The van der Waals surface area contributed by atoms with Crippen LogP contribution in [-0.2, 0) is 0 Å². The molecule has 0 amide bonds. The van der Waals surface area contributed by atoms with Crippen LogP contribution in [0.3, 0.4) is 0 Å². The maximum atomic E-state index is 4.70. The van der Waals surface area contributed by atoms with Gasteiger partial charge in [0.15, 0.2) is 20.0 Å². The van der Waals surface area contributed by atoms with Crippen LogP contribution in [-0.4, -0.2) is 52.2 Å². The molecule has 4 rings (SSSR count). The fraction of sp³-hybridized carbons (Fsp3) is 0.500. The van der Waals surface area contributed by atoms with Crippen molar-refractivity contribution in [3.8, 4) is 20.0 Å². The largest absolute Gasteiger partial charge is 0.227 e. The third kappa shape index (κ3) is 8.73. The molecular weight excluding hydrogens is 905 g/mol. The van der Waals surface area contributed by atoms with Gasteiger partial charge in [0.2, 0.25) is 0 Å². The van der Waals surface area contributed by atoms with E-state index in [4.69, 9.17) is 19.9 Å². The van der Waals surface area contributed by atoms with E-state index < -0.39 is 32.3 Å². The molecule has 0 aliphatic rings. The summed E-state index contributed by atoms with van der Waals surface area (Å²) >= 11 is 21.7. The van der Waals surface area contributed by atoms with Crippen molar-refractivity contribution in [1.29, 1.82) is 0 Å². The Hall–Kier alpha value is 1.31. The number of hydrogen-bond acceptors (Lipinski definition) is 8. The predicted molar refractivity (Wildman–Crippen MR) is 209 cm³/mol. The Morgan fingerprint density at radius 3 is 0.600 bits per heavy atom. The molecule has 0 aromatic carbocycles. The molecule has 0 bridgehead atoms. The molecule has 0 aliphatic heterocycles. The molecule has 0 unspecified atom stereocenters. The van der Waals surface area contributed by atoms with Gasteiger partial charge >= 0.3 is 0 Å². The lowest BCUT2D eigenvalue weighted by Crippen LogP contribution is -2.36. The Morgan fingerprint density at radius 2 is 0.500 bits per heavy atom. The minimum Gasteiger partial charge on any atom is -0.227 e. The SMILES string of the molecule is C[Si](C)(C)c1sc(-c2nc(Br)c([Si](C)(C)C)s2)nc1Br.C[Si](C)(C)c1sc(-c2nc(Br)c([Si](C)(C)C)s2)nc1Br. The third-order valence-electron chi connectivity index (χ3n) is 5.43. The highest BCUT2D eigenvalue weighted by molar-refractivity contribution is 9.11. The van der Waals surface area contributed by atoms with Crippen LogP contribution in [0.15, 0.2) is 18.4 Å². The zero-order chi connectivity index (χ0) is 30.6. The lowest BCUT2D eigenvalue weighted by atomic mass is 10.7. The van der Waals surface area contributed by atoms with Crippen molar-refractivity contribution in [3.63, 3.8) is 0 Å². The first-order chi connectivity index (χ1) is 18.0. The summed E-state index contributed by atoms with van der Waals surface area (Å²) < 4.78 is 9.69. The van der Waals surface area contributed by atoms with Gasteiger partial charge in [0.25, 0.3) is 0 Å². The van der Waals surface area contributed by atoms with Crippen molar-refractivity contribution in [2.75, 3.05) is 0 Å². The van der Waals surface area contributed by atoms with Gasteiger partial charge in [-0.3, -0.25) is 0 Å². The Balaban J connectivity index is 0.000000220. The van der Waals surface area contributed by atoms with Crippen LogP contribution in [0.25, 0.3) is 20.0 Å². The monoisotopic (exact) mass is 936 g/mol. The average Bonchev–Trinajstić information content (AvgIpc) is 3.51. The normalized spacial score (nSPS) is 13.0. The molecule has 0 aliphatic carbocycles. The van der Waals surface area contributed by atoms with E-state index >= 15 is 0 Å². The number of thiazole rings is 4. The van der Waals surface area contributed by atoms with Crippen molar-refractivity contribution < 1.29 is 0 Å². The second kappa shape index (κ2) is 13.0. The van der Waals surface area contributed by atoms with Crippen LogP contribution in [0.5, 0.6) is 0 Å². The average molecular weight is 941 g/mol. The maximum Gasteiger partial charge on any atom is 0.153 e. The molecule has 4 aromatic heterocycles. The lowest BCUT2D eigenvalue weighted by molar-refractivity contribution is 1.31. The van der Waals surface area contributed by atoms with E-state index in [-0.39, 0.29) is 0 Å². The van der Waals surface area contributed by atoms with E-state index in [1.807, 2.05) is 0 Å². The van der Waals surface area contributed by atoms with Crippen molar-refractivity contribution in [2.45, 2.75) is 78.6 Å². The molecule has 0 saturated carbocycles. The molecule has 4 aromatic rings. The highest BCUT2D eigenvalue weighted by Gasteiger charge is 2.30. The Labute approximate surface area is 292 Å². The summed E-state index contributed by atoms with van der Waals surface area (Å²) in [5, 5.41) is 4.18. The maximum absolute atomic E-state index is 4.70. The van der Waals surface area contributed by atoms with E-state index in [1.54, 1.807) is 45.3 Å². The van der Waals surface area contributed by atoms with Crippen molar-refractivity contribution in [3.05, 3.63) is 18.4 Å². The summed E-state index contributed by atoms with van der Waals surface area (Å²) in [6.45, 7) is 28.2. The molecule has 4 nitrogen and oxygen atoms in total. The molecule has 0 radical (unpaired) electrons. The van der Waals surface area contributed by atoms with Crippen molar-refractivity contribution in [2.24, 2.45) is 0 Å². The van der Waals surface area contributed by atoms with E-state index in [1.165, 1.54) is 18.0 Å². The molecule has 40 heavy (non-hydrogen) atoms. The van der Waals surface area contributed by atoms with Crippen LogP contribution in [0.2, 0.25) is 78.6 Å². The molecule has 220 valence electrons. The molecular formula is C24H36Br4N4S4Si4. The van der Waals surface area contributed by atoms with Crippen LogP contribution in [0, 0.1) is 0 Å². The van der Waals surface area contributed by atoms with Crippen LogP contribution in [0.1, 0.15) is 0 Å². The second-order valence-corrected chi connectivity index (χ2v) is 42.0. The number of rotatable bonds is 6. The quantitative estimate of drug-likeness (QED) is 0.181. The van der Waals surface area contributed by atoms with Gasteiger partial charge < -0.3 is 0 Å². The number of aromatic nitrogens is 4. The molecule has 0 fully saturated rings. The first-order valence-corrected chi connectivity index (χ1v) is 33.1. The topological polar surface area (TPSA) is 51.6 Å². The fourth-order valence-corrected chi connectivity index (χ4v) is 24.3. The first-order valence-electron chi connectivity index (χ1n) is 12.7. The Kier molecular flexibility index (Phi) is 11.6. The summed E-state index contributed by atoms with van der Waals surface area (Å²) in [5.41, 5.74) is 0. The zero-order valence-corrected chi connectivity index (χ0v) is 38.5. The smallest absolute Gasteiger partial charge is 0.153 e. The van der Waals surface area contributed by atoms with E-state index in [0.717, 1.165) is 38.4 Å². The van der Waals surface area contributed by atoms with Gasteiger partial charge in [0.1, 0.15) is 18.4 Å². The summed E-state index contributed by atoms with van der Waals surface area (Å²) in [5.74, 6) is 0. The fourth-order valence-electron chi connectivity index (χ4n) is 3.42. The lowest BCUT2D eigenvalue weighted by Gasteiger charge is -2.12. The summed E-state index contributed by atoms with van der Waals surface area (Å²) in [7, 11) is -5.40.